The van der Waals surface area contributed by atoms with Crippen molar-refractivity contribution in [2.24, 2.45) is 0 Å². The SMILES string of the molecule is CC(=O)Oc1c2c(cc3ccccc13)C(=O)C1=C(CC(OC=O)OC1C)C2=O. The molecule has 0 saturated carbocycles. The Hall–Kier alpha value is -3.32. The molecule has 0 amide bonds. The second-order valence-corrected chi connectivity index (χ2v) is 6.64. The Morgan fingerprint density at radius 1 is 1.21 bits per heavy atom. The van der Waals surface area contributed by atoms with E-state index in [2.05, 4.69) is 0 Å². The molecular weight excluding hydrogens is 364 g/mol. The first-order valence-electron chi connectivity index (χ1n) is 8.73. The molecule has 1 aliphatic carbocycles. The molecule has 7 nitrogen and oxygen atoms in total. The maximum atomic E-state index is 13.3. The summed E-state index contributed by atoms with van der Waals surface area (Å²) >= 11 is 0. The molecule has 0 N–H and O–H groups in total. The van der Waals surface area contributed by atoms with Crippen LogP contribution in [0.5, 0.6) is 5.75 Å². The van der Waals surface area contributed by atoms with Crippen molar-refractivity contribution in [3.8, 4) is 5.75 Å². The van der Waals surface area contributed by atoms with Crippen LogP contribution in [0, 0.1) is 0 Å². The van der Waals surface area contributed by atoms with Crippen molar-refractivity contribution in [3.05, 3.63) is 52.6 Å². The van der Waals surface area contributed by atoms with Gasteiger partial charge < -0.3 is 14.2 Å². The normalized spacial score (nSPS) is 21.2. The van der Waals surface area contributed by atoms with E-state index in [0.29, 0.717) is 10.8 Å². The van der Waals surface area contributed by atoms with Gasteiger partial charge in [-0.25, -0.2) is 0 Å². The maximum Gasteiger partial charge on any atom is 0.308 e. The van der Waals surface area contributed by atoms with Crippen LogP contribution in [0.25, 0.3) is 10.8 Å². The first-order valence-corrected chi connectivity index (χ1v) is 8.73. The predicted octanol–water partition coefficient (Wildman–Crippen LogP) is 2.75. The molecule has 0 fully saturated rings. The van der Waals surface area contributed by atoms with E-state index < -0.39 is 24.1 Å². The van der Waals surface area contributed by atoms with E-state index in [1.807, 2.05) is 0 Å². The third kappa shape index (κ3) is 2.71. The maximum absolute atomic E-state index is 13.3. The number of carbonyl (C=O) groups excluding carboxylic acids is 4. The van der Waals surface area contributed by atoms with Gasteiger partial charge in [0.1, 0.15) is 0 Å². The van der Waals surface area contributed by atoms with Crippen LogP contribution in [0.2, 0.25) is 0 Å². The van der Waals surface area contributed by atoms with Gasteiger partial charge in [-0.05, 0) is 18.4 Å². The average Bonchev–Trinajstić information content (AvgIpc) is 2.65. The van der Waals surface area contributed by atoms with Crippen molar-refractivity contribution < 1.29 is 33.4 Å². The Morgan fingerprint density at radius 3 is 2.68 bits per heavy atom. The second kappa shape index (κ2) is 6.69. The summed E-state index contributed by atoms with van der Waals surface area (Å²) < 4.78 is 15.8. The van der Waals surface area contributed by atoms with Crippen LogP contribution in [0.15, 0.2) is 41.5 Å². The number of esters is 1. The highest BCUT2D eigenvalue weighted by Crippen LogP contribution is 2.42. The molecule has 4 rings (SSSR count). The number of carbonyl (C=O) groups is 4. The fourth-order valence-electron chi connectivity index (χ4n) is 3.81. The molecule has 2 aromatic carbocycles. The third-order valence-electron chi connectivity index (χ3n) is 4.90. The number of benzene rings is 2. The fourth-order valence-corrected chi connectivity index (χ4v) is 3.81. The Balaban J connectivity index is 1.96. The minimum atomic E-state index is -0.956. The minimum Gasteiger partial charge on any atom is -0.438 e. The molecule has 1 aliphatic heterocycles. The van der Waals surface area contributed by atoms with Gasteiger partial charge in [0.15, 0.2) is 17.3 Å². The molecule has 0 bridgehead atoms. The molecule has 2 unspecified atom stereocenters. The molecule has 7 heteroatoms. The van der Waals surface area contributed by atoms with E-state index in [-0.39, 0.29) is 46.7 Å². The van der Waals surface area contributed by atoms with E-state index in [9.17, 15) is 19.2 Å². The fraction of sp³-hybridized carbons (Fsp3) is 0.238. The first-order chi connectivity index (χ1) is 13.4. The zero-order valence-electron chi connectivity index (χ0n) is 15.2. The number of fused-ring (bicyclic) bond motifs is 2. The summed E-state index contributed by atoms with van der Waals surface area (Å²) in [5.74, 6) is -1.32. The first kappa shape index (κ1) is 18.1. The van der Waals surface area contributed by atoms with E-state index >= 15 is 0 Å². The van der Waals surface area contributed by atoms with Crippen molar-refractivity contribution in [2.75, 3.05) is 0 Å². The van der Waals surface area contributed by atoms with Crippen LogP contribution in [0.3, 0.4) is 0 Å². The van der Waals surface area contributed by atoms with Gasteiger partial charge in [-0.1, -0.05) is 24.3 Å². The molecule has 0 spiro atoms. The topological polar surface area (TPSA) is 96.0 Å². The quantitative estimate of drug-likeness (QED) is 0.459. The zero-order chi connectivity index (χ0) is 20.0. The highest BCUT2D eigenvalue weighted by atomic mass is 16.7. The number of hydrogen-bond donors (Lipinski definition) is 0. The molecule has 2 atom stereocenters. The van der Waals surface area contributed by atoms with Gasteiger partial charge in [-0.3, -0.25) is 19.2 Å². The van der Waals surface area contributed by atoms with Gasteiger partial charge in [0, 0.05) is 35.4 Å². The van der Waals surface area contributed by atoms with Crippen LogP contribution in [0.1, 0.15) is 41.0 Å². The van der Waals surface area contributed by atoms with Gasteiger partial charge in [0.2, 0.25) is 6.29 Å². The molecule has 0 aromatic heterocycles. The highest BCUT2D eigenvalue weighted by molar-refractivity contribution is 6.30. The lowest BCUT2D eigenvalue weighted by molar-refractivity contribution is -0.172. The van der Waals surface area contributed by atoms with Gasteiger partial charge in [0.25, 0.3) is 6.47 Å². The van der Waals surface area contributed by atoms with Crippen molar-refractivity contribution >= 4 is 34.8 Å². The molecular formula is C21H16O7. The molecule has 28 heavy (non-hydrogen) atoms. The van der Waals surface area contributed by atoms with Gasteiger partial charge in [0.05, 0.1) is 11.7 Å². The van der Waals surface area contributed by atoms with Gasteiger partial charge >= 0.3 is 5.97 Å². The standard InChI is InChI=1S/C21H16O7/c1-10-17-15(8-16(27-10)26-9-22)20(25)18-14(19(17)24)7-12-5-3-4-6-13(12)21(18)28-11(2)23/h3-7,9-10,16H,8H2,1-2H3. The third-order valence-corrected chi connectivity index (χ3v) is 4.90. The van der Waals surface area contributed by atoms with Crippen LogP contribution >= 0.6 is 0 Å². The van der Waals surface area contributed by atoms with Crippen LogP contribution < -0.4 is 4.74 Å². The van der Waals surface area contributed by atoms with Crippen molar-refractivity contribution in [2.45, 2.75) is 32.7 Å². The van der Waals surface area contributed by atoms with Crippen LogP contribution in [0.4, 0.5) is 0 Å². The van der Waals surface area contributed by atoms with Crippen LogP contribution in [-0.4, -0.2) is 36.4 Å². The molecule has 0 radical (unpaired) electrons. The van der Waals surface area contributed by atoms with Gasteiger partial charge in [-0.2, -0.15) is 0 Å². The Kier molecular flexibility index (Phi) is 4.31. The summed E-state index contributed by atoms with van der Waals surface area (Å²) in [6, 6.07) is 8.67. The van der Waals surface area contributed by atoms with E-state index in [1.54, 1.807) is 37.3 Å². The number of ether oxygens (including phenoxy) is 3. The number of rotatable bonds is 3. The summed E-state index contributed by atoms with van der Waals surface area (Å²) in [7, 11) is 0. The van der Waals surface area contributed by atoms with E-state index in [1.165, 1.54) is 6.92 Å². The van der Waals surface area contributed by atoms with Crippen molar-refractivity contribution in [1.29, 1.82) is 0 Å². The Bertz CT molecular complexity index is 1080. The lowest BCUT2D eigenvalue weighted by Gasteiger charge is -2.33. The number of ketones is 2. The summed E-state index contributed by atoms with van der Waals surface area (Å²) in [6.07, 6.45) is -1.72. The summed E-state index contributed by atoms with van der Waals surface area (Å²) in [5, 5.41) is 1.23. The molecule has 0 saturated heterocycles. The summed E-state index contributed by atoms with van der Waals surface area (Å²) in [6.45, 7) is 3.10. The zero-order valence-corrected chi connectivity index (χ0v) is 15.2. The number of hydrogen-bond acceptors (Lipinski definition) is 7. The average molecular weight is 380 g/mol. The van der Waals surface area contributed by atoms with E-state index in [0.717, 1.165) is 0 Å². The molecule has 1 heterocycles. The minimum absolute atomic E-state index is 0.0469. The largest absolute Gasteiger partial charge is 0.438 e. The lowest BCUT2D eigenvalue weighted by Crippen LogP contribution is -2.38. The Morgan fingerprint density at radius 2 is 1.96 bits per heavy atom. The summed E-state index contributed by atoms with van der Waals surface area (Å²) in [5.41, 5.74) is 0.680. The number of Topliss-reactive ketones (excluding diaryl/α,β-unsaturated/α-hetero) is 2. The Labute approximate surface area is 159 Å². The molecule has 142 valence electrons. The van der Waals surface area contributed by atoms with Gasteiger partial charge in [-0.15, -0.1) is 0 Å². The molecule has 2 aliphatic rings. The lowest BCUT2D eigenvalue weighted by atomic mass is 9.78. The smallest absolute Gasteiger partial charge is 0.308 e. The highest BCUT2D eigenvalue weighted by Gasteiger charge is 2.42. The van der Waals surface area contributed by atoms with E-state index in [4.69, 9.17) is 14.2 Å². The monoisotopic (exact) mass is 380 g/mol. The summed E-state index contributed by atoms with van der Waals surface area (Å²) in [4.78, 5) is 48.9. The van der Waals surface area contributed by atoms with Crippen molar-refractivity contribution in [3.63, 3.8) is 0 Å². The predicted molar refractivity (Wildman–Crippen MR) is 97.0 cm³/mol. The second-order valence-electron chi connectivity index (χ2n) is 6.64. The molecule has 2 aromatic rings. The van der Waals surface area contributed by atoms with Crippen LogP contribution in [-0.2, 0) is 19.1 Å². The van der Waals surface area contributed by atoms with Crippen molar-refractivity contribution in [1.82, 2.24) is 0 Å².